The van der Waals surface area contributed by atoms with E-state index in [1.54, 1.807) is 10.7 Å². The van der Waals surface area contributed by atoms with Crippen LogP contribution in [0.2, 0.25) is 5.02 Å². The zero-order valence-corrected chi connectivity index (χ0v) is 21.0. The highest BCUT2D eigenvalue weighted by atomic mass is 79.9. The smallest absolute Gasteiger partial charge is 0.315 e. The first-order valence-electron chi connectivity index (χ1n) is 12.1. The van der Waals surface area contributed by atoms with Gasteiger partial charge in [-0.3, -0.25) is 0 Å². The molecular formula is C25H26BrClN6O. The van der Waals surface area contributed by atoms with E-state index in [-0.39, 0.29) is 11.6 Å². The van der Waals surface area contributed by atoms with E-state index < -0.39 is 0 Å². The Bertz CT molecular complexity index is 1300. The number of nitrogens with zero attached hydrogens (tertiary/aromatic N) is 3. The van der Waals surface area contributed by atoms with Crippen LogP contribution in [0.5, 0.6) is 0 Å². The van der Waals surface area contributed by atoms with Crippen molar-refractivity contribution in [2.75, 3.05) is 18.4 Å². The first kappa shape index (κ1) is 21.0. The van der Waals surface area contributed by atoms with Crippen LogP contribution in [-0.2, 0) is 0 Å². The molecule has 3 N–H and O–H groups in total. The zero-order chi connectivity index (χ0) is 23.1. The van der Waals surface area contributed by atoms with Crippen molar-refractivity contribution in [1.82, 2.24) is 25.2 Å². The lowest BCUT2D eigenvalue weighted by Gasteiger charge is -2.84. The fourth-order valence-electron chi connectivity index (χ4n) is 7.92. The second-order valence-corrected chi connectivity index (χ2v) is 11.8. The summed E-state index contributed by atoms with van der Waals surface area (Å²) in [6, 6.07) is 9.57. The number of carbonyl (C=O) groups is 1. The molecule has 7 fully saturated rings. The molecule has 1 aromatic carbocycles. The zero-order valence-electron chi connectivity index (χ0n) is 18.7. The van der Waals surface area contributed by atoms with Crippen molar-refractivity contribution >= 4 is 45.0 Å². The molecule has 2 heterocycles. The maximum absolute atomic E-state index is 12.8. The Kier molecular flexibility index (Phi) is 4.53. The number of hydrogen-bond acceptors (Lipinski definition) is 4. The first-order chi connectivity index (χ1) is 16.5. The Morgan fingerprint density at radius 1 is 1.18 bits per heavy atom. The van der Waals surface area contributed by atoms with Crippen molar-refractivity contribution < 1.29 is 4.79 Å². The minimum atomic E-state index is -0.0283. The van der Waals surface area contributed by atoms with Gasteiger partial charge >= 0.3 is 6.03 Å². The minimum absolute atomic E-state index is 0.0283. The second-order valence-electron chi connectivity index (χ2n) is 10.5. The molecule has 7 aliphatic rings. The summed E-state index contributed by atoms with van der Waals surface area (Å²) in [4.78, 5) is 17.6. The summed E-state index contributed by atoms with van der Waals surface area (Å²) in [6.07, 6.45) is 8.33. The van der Waals surface area contributed by atoms with Crippen molar-refractivity contribution in [3.63, 3.8) is 0 Å². The van der Waals surface area contributed by atoms with E-state index in [0.717, 1.165) is 27.5 Å². The van der Waals surface area contributed by atoms with Gasteiger partial charge < -0.3 is 16.0 Å². The summed E-state index contributed by atoms with van der Waals surface area (Å²) < 4.78 is 2.56. The summed E-state index contributed by atoms with van der Waals surface area (Å²) in [5, 5.41) is 15.0. The summed E-state index contributed by atoms with van der Waals surface area (Å²) in [6.45, 7) is 1.08. The standard InChI is InChI=1S/C25H26BrClN6O/c26-18-13-30-33-21(9-20(31-22(18)33)17-3-1-2-4-19(17)27)28-5-6-29-23(34)32-25-15-7-14-8-16(25)12-24(25,10-14)11-15/h1-4,9,13-16,28H,5-8,10-12H2,(H2,29,32,34)/t14-,15+,16-,24?,25+. The van der Waals surface area contributed by atoms with Gasteiger partial charge in [-0.05, 0) is 77.3 Å². The van der Waals surface area contributed by atoms with Gasteiger partial charge in [0.1, 0.15) is 5.82 Å². The van der Waals surface area contributed by atoms with Gasteiger partial charge in [0, 0.05) is 29.7 Å². The lowest BCUT2D eigenvalue weighted by Crippen LogP contribution is -2.88. The maximum atomic E-state index is 12.8. The summed E-state index contributed by atoms with van der Waals surface area (Å²) in [7, 11) is 0. The molecule has 0 saturated heterocycles. The van der Waals surface area contributed by atoms with Crippen molar-refractivity contribution in [1.29, 1.82) is 0 Å². The minimum Gasteiger partial charge on any atom is -0.368 e. The van der Waals surface area contributed by atoms with Crippen LogP contribution in [0.25, 0.3) is 16.9 Å². The number of anilines is 1. The van der Waals surface area contributed by atoms with E-state index in [1.807, 2.05) is 30.3 Å². The molecule has 0 radical (unpaired) electrons. The Hall–Kier alpha value is -2.32. The number of halogens is 2. The fourth-order valence-corrected chi connectivity index (χ4v) is 8.50. The Morgan fingerprint density at radius 3 is 2.74 bits per heavy atom. The highest BCUT2D eigenvalue weighted by molar-refractivity contribution is 9.10. The largest absolute Gasteiger partial charge is 0.368 e. The number of carbonyl (C=O) groups excluding carboxylic acids is 1. The molecule has 7 saturated carbocycles. The summed E-state index contributed by atoms with van der Waals surface area (Å²) in [5.41, 5.74) is 2.84. The van der Waals surface area contributed by atoms with Gasteiger partial charge in [0.15, 0.2) is 5.65 Å². The molecular weight excluding hydrogens is 516 g/mol. The number of fused-ring (bicyclic) bond motifs is 1. The Morgan fingerprint density at radius 2 is 1.97 bits per heavy atom. The molecule has 7 nitrogen and oxygen atoms in total. The van der Waals surface area contributed by atoms with E-state index in [4.69, 9.17) is 16.6 Å². The molecule has 2 amide bonds. The molecule has 10 rings (SSSR count). The number of nitrogens with one attached hydrogen (secondary N) is 3. The highest BCUT2D eigenvalue weighted by Gasteiger charge is 2.81. The summed E-state index contributed by atoms with van der Waals surface area (Å²) in [5.74, 6) is 3.12. The van der Waals surface area contributed by atoms with Crippen LogP contribution in [0, 0.1) is 23.2 Å². The molecule has 1 spiro atoms. The average molecular weight is 542 g/mol. The third kappa shape index (κ3) is 2.78. The number of aromatic nitrogens is 3. The molecule has 1 unspecified atom stereocenters. The average Bonchev–Trinajstić information content (AvgIpc) is 3.20. The molecule has 9 heteroatoms. The van der Waals surface area contributed by atoms with Gasteiger partial charge in [-0.15, -0.1) is 0 Å². The van der Waals surface area contributed by atoms with E-state index in [0.29, 0.717) is 41.0 Å². The van der Waals surface area contributed by atoms with Gasteiger partial charge in [-0.2, -0.15) is 9.61 Å². The van der Waals surface area contributed by atoms with E-state index >= 15 is 0 Å². The van der Waals surface area contributed by atoms with Gasteiger partial charge in [0.25, 0.3) is 0 Å². The number of urea groups is 1. The lowest BCUT2D eigenvalue weighted by molar-refractivity contribution is -0.305. The van der Waals surface area contributed by atoms with Gasteiger partial charge in [-0.25, -0.2) is 9.78 Å². The third-order valence-electron chi connectivity index (χ3n) is 8.97. The Labute approximate surface area is 211 Å². The van der Waals surface area contributed by atoms with Crippen LogP contribution in [0.15, 0.2) is 41.0 Å². The molecule has 5 atom stereocenters. The number of hydrogen-bond donors (Lipinski definition) is 3. The molecule has 34 heavy (non-hydrogen) atoms. The predicted molar refractivity (Wildman–Crippen MR) is 135 cm³/mol. The van der Waals surface area contributed by atoms with Crippen LogP contribution in [0.1, 0.15) is 32.1 Å². The SMILES string of the molecule is O=C(NCCNc1cc(-c2ccccc2Cl)nc2c(Br)cnn12)N[C@]12[C@@H]3C[C@H]4C[C@H]1CC2(C4)C3. The van der Waals surface area contributed by atoms with E-state index in [2.05, 4.69) is 37.0 Å². The van der Waals surface area contributed by atoms with Gasteiger partial charge in [0.2, 0.25) is 0 Å². The third-order valence-corrected chi connectivity index (χ3v) is 9.86. The normalized spacial score (nSPS) is 32.1. The fraction of sp³-hybridized carbons (Fsp3) is 0.480. The van der Waals surface area contributed by atoms with Crippen molar-refractivity contribution in [3.05, 3.63) is 46.0 Å². The van der Waals surface area contributed by atoms with Crippen molar-refractivity contribution in [3.8, 4) is 11.3 Å². The predicted octanol–water partition coefficient (Wildman–Crippen LogP) is 5.10. The van der Waals surface area contributed by atoms with Gasteiger partial charge in [0.05, 0.1) is 21.9 Å². The van der Waals surface area contributed by atoms with Crippen LogP contribution < -0.4 is 16.0 Å². The Balaban J connectivity index is 1.03. The van der Waals surface area contributed by atoms with Crippen LogP contribution in [0.4, 0.5) is 10.6 Å². The number of amides is 2. The summed E-state index contributed by atoms with van der Waals surface area (Å²) >= 11 is 9.95. The molecule has 5 bridgehead atoms. The molecule has 2 aromatic heterocycles. The van der Waals surface area contributed by atoms with Crippen molar-refractivity contribution in [2.45, 2.75) is 37.6 Å². The number of benzene rings is 1. The van der Waals surface area contributed by atoms with Crippen molar-refractivity contribution in [2.24, 2.45) is 23.2 Å². The first-order valence-corrected chi connectivity index (χ1v) is 13.3. The van der Waals surface area contributed by atoms with Crippen LogP contribution in [-0.4, -0.2) is 39.3 Å². The van der Waals surface area contributed by atoms with E-state index in [9.17, 15) is 4.79 Å². The second kappa shape index (κ2) is 7.34. The molecule has 7 aliphatic carbocycles. The monoisotopic (exact) mass is 540 g/mol. The van der Waals surface area contributed by atoms with Crippen LogP contribution in [0.3, 0.4) is 0 Å². The van der Waals surface area contributed by atoms with Gasteiger partial charge in [-0.1, -0.05) is 29.8 Å². The number of rotatable bonds is 6. The highest BCUT2D eigenvalue weighted by Crippen LogP contribution is 2.81. The van der Waals surface area contributed by atoms with E-state index in [1.165, 1.54) is 32.1 Å². The quantitative estimate of drug-likeness (QED) is 0.379. The molecule has 3 aromatic rings. The lowest BCUT2D eigenvalue weighted by atomic mass is 9.24. The topological polar surface area (TPSA) is 83.3 Å². The van der Waals surface area contributed by atoms with Crippen LogP contribution >= 0.6 is 27.5 Å². The molecule has 176 valence electrons. The maximum Gasteiger partial charge on any atom is 0.315 e. The molecule has 0 aliphatic heterocycles.